The maximum Gasteiger partial charge on any atom is 0.236 e. The normalized spacial score (nSPS) is 13.6. The molecule has 0 bridgehead atoms. The van der Waals surface area contributed by atoms with Gasteiger partial charge in [0.05, 0.1) is 6.54 Å². The minimum Gasteiger partial charge on any atom is -0.385 e. The molecule has 1 heterocycles. The van der Waals surface area contributed by atoms with Crippen molar-refractivity contribution in [1.82, 2.24) is 19.6 Å². The molecule has 0 aromatic rings. The number of rotatable bonds is 57. The standard InChI is InChI=1S/C58H116N4O.C9H20O.C2H4/c1-6-11-16-21-25-26-27-28-29-33-36-39-47-59(46-38-20-15-10-5)52-45-57-44-43-51-62(55-57)58(63)56-61(50-42-37-32-24-19-14-9-4)54-53-60(48-40-34-30-22-17-12-7-2)49-41-35-31-23-18-13-8-3;1-3-4-5-6-7-8-9-10-2;1-2/h10,57H,5-9,11-56H2,1-4H3;3-9H2,1-2H3;1-2H2. The Morgan fingerprint density at radius 3 is 1.13 bits per heavy atom. The number of nitrogens with zero attached hydrogens (tertiary/aromatic N) is 4. The fourth-order valence-electron chi connectivity index (χ4n) is 11.1. The molecule has 1 saturated heterocycles. The Morgan fingerprint density at radius 2 is 0.760 bits per heavy atom. The van der Waals surface area contributed by atoms with Crippen molar-refractivity contribution in [3.63, 3.8) is 0 Å². The average molecular weight is 1060 g/mol. The number of carbonyl (C=O) groups excluding carboxylic acids is 1. The zero-order valence-electron chi connectivity index (χ0n) is 52.7. The third-order valence-corrected chi connectivity index (χ3v) is 16.2. The summed E-state index contributed by atoms with van der Waals surface area (Å²) in [4.78, 5) is 24.6. The minimum absolute atomic E-state index is 0.408. The van der Waals surface area contributed by atoms with Gasteiger partial charge in [0.2, 0.25) is 5.91 Å². The zero-order chi connectivity index (χ0) is 55.2. The van der Waals surface area contributed by atoms with Crippen LogP contribution >= 0.6 is 0 Å². The third kappa shape index (κ3) is 55.9. The van der Waals surface area contributed by atoms with Gasteiger partial charge in [0.15, 0.2) is 0 Å². The molecular weight excluding hydrogens is 917 g/mol. The van der Waals surface area contributed by atoms with Crippen LogP contribution < -0.4 is 0 Å². The number of allylic oxidation sites excluding steroid dienone is 1. The molecule has 1 aliphatic rings. The highest BCUT2D eigenvalue weighted by atomic mass is 16.5. The largest absolute Gasteiger partial charge is 0.385 e. The summed E-state index contributed by atoms with van der Waals surface area (Å²) in [6, 6.07) is 0. The number of amides is 1. The molecule has 1 aliphatic heterocycles. The summed E-state index contributed by atoms with van der Waals surface area (Å²) in [5.74, 6) is 1.06. The first kappa shape index (κ1) is 75.9. The van der Waals surface area contributed by atoms with E-state index in [1.165, 1.54) is 315 Å². The molecule has 1 fully saturated rings. The van der Waals surface area contributed by atoms with Gasteiger partial charge >= 0.3 is 0 Å². The van der Waals surface area contributed by atoms with Crippen molar-refractivity contribution in [1.29, 1.82) is 0 Å². The molecule has 6 heteroatoms. The molecule has 1 atom stereocenters. The molecule has 1 unspecified atom stereocenters. The minimum atomic E-state index is 0.408. The van der Waals surface area contributed by atoms with Crippen LogP contribution in [0.25, 0.3) is 0 Å². The summed E-state index contributed by atoms with van der Waals surface area (Å²) in [5.41, 5.74) is 0. The van der Waals surface area contributed by atoms with E-state index in [9.17, 15) is 4.79 Å². The average Bonchev–Trinajstić information content (AvgIpc) is 3.43. The number of hydrogen-bond acceptors (Lipinski definition) is 5. The van der Waals surface area contributed by atoms with Crippen molar-refractivity contribution < 1.29 is 9.53 Å². The first-order valence-electron chi connectivity index (χ1n) is 34.0. The summed E-state index contributed by atoms with van der Waals surface area (Å²) in [6.45, 7) is 34.4. The van der Waals surface area contributed by atoms with E-state index in [1.54, 1.807) is 7.11 Å². The highest BCUT2D eigenvalue weighted by Crippen LogP contribution is 2.22. The Balaban J connectivity index is 0. The van der Waals surface area contributed by atoms with Gasteiger partial charge < -0.3 is 19.4 Å². The van der Waals surface area contributed by atoms with Gasteiger partial charge in [-0.1, -0.05) is 259 Å². The first-order chi connectivity index (χ1) is 37.0. The second-order valence-electron chi connectivity index (χ2n) is 23.4. The molecule has 0 saturated carbocycles. The van der Waals surface area contributed by atoms with E-state index >= 15 is 0 Å². The van der Waals surface area contributed by atoms with E-state index in [-0.39, 0.29) is 0 Å². The molecule has 1 rings (SSSR count). The van der Waals surface area contributed by atoms with E-state index < -0.39 is 0 Å². The lowest BCUT2D eigenvalue weighted by Gasteiger charge is -2.36. The maximum absolute atomic E-state index is 14.2. The molecule has 6 nitrogen and oxygen atoms in total. The first-order valence-corrected chi connectivity index (χ1v) is 34.0. The summed E-state index contributed by atoms with van der Waals surface area (Å²) >= 11 is 0. The van der Waals surface area contributed by atoms with Crippen LogP contribution in [0.1, 0.15) is 324 Å². The van der Waals surface area contributed by atoms with Crippen LogP contribution in [-0.2, 0) is 9.53 Å². The van der Waals surface area contributed by atoms with Crippen molar-refractivity contribution in [2.75, 3.05) is 85.7 Å². The van der Waals surface area contributed by atoms with E-state index in [1.807, 2.05) is 0 Å². The second-order valence-corrected chi connectivity index (χ2v) is 23.4. The van der Waals surface area contributed by atoms with Gasteiger partial charge in [-0.3, -0.25) is 9.69 Å². The molecular formula is C69H140N4O2. The van der Waals surface area contributed by atoms with Crippen molar-refractivity contribution in [3.8, 4) is 0 Å². The lowest BCUT2D eigenvalue weighted by molar-refractivity contribution is -0.134. The summed E-state index contributed by atoms with van der Waals surface area (Å²) in [5, 5.41) is 0. The van der Waals surface area contributed by atoms with Crippen LogP contribution in [0.4, 0.5) is 0 Å². The fraction of sp³-hybridized carbons (Fsp3) is 0.928. The van der Waals surface area contributed by atoms with Gasteiger partial charge in [-0.2, -0.15) is 0 Å². The molecule has 0 aromatic carbocycles. The number of likely N-dealkylation sites (tertiary alicyclic amines) is 1. The van der Waals surface area contributed by atoms with Crippen molar-refractivity contribution in [2.24, 2.45) is 5.92 Å². The van der Waals surface area contributed by atoms with Gasteiger partial charge in [-0.25, -0.2) is 0 Å². The number of hydrogen-bond donors (Lipinski definition) is 0. The van der Waals surface area contributed by atoms with Crippen LogP contribution in [0.3, 0.4) is 0 Å². The Hall–Kier alpha value is -1.21. The van der Waals surface area contributed by atoms with E-state index in [0.29, 0.717) is 18.4 Å². The summed E-state index contributed by atoms with van der Waals surface area (Å²) in [6.07, 6.45) is 63.2. The molecule has 0 N–H and O–H groups in total. The Bertz CT molecular complexity index is 1060. The summed E-state index contributed by atoms with van der Waals surface area (Å²) in [7, 11) is 1.77. The second kappa shape index (κ2) is 65.3. The molecule has 0 radical (unpaired) electrons. The van der Waals surface area contributed by atoms with Crippen LogP contribution in [0.2, 0.25) is 0 Å². The highest BCUT2D eigenvalue weighted by molar-refractivity contribution is 5.78. The quantitative estimate of drug-likeness (QED) is 0.0448. The monoisotopic (exact) mass is 1060 g/mol. The molecule has 75 heavy (non-hydrogen) atoms. The predicted octanol–water partition coefficient (Wildman–Crippen LogP) is 20.6. The van der Waals surface area contributed by atoms with Crippen molar-refractivity contribution >= 4 is 5.91 Å². The highest BCUT2D eigenvalue weighted by Gasteiger charge is 2.25. The number of ether oxygens (including phenoxy) is 1. The lowest BCUT2D eigenvalue weighted by atomic mass is 9.94. The lowest BCUT2D eigenvalue weighted by Crippen LogP contribution is -2.47. The molecule has 0 spiro atoms. The van der Waals surface area contributed by atoms with Crippen LogP contribution in [-0.4, -0.2) is 111 Å². The molecule has 1 amide bonds. The fourth-order valence-corrected chi connectivity index (χ4v) is 11.1. The van der Waals surface area contributed by atoms with Crippen LogP contribution in [0, 0.1) is 5.92 Å². The molecule has 448 valence electrons. The zero-order valence-corrected chi connectivity index (χ0v) is 52.7. The number of methoxy groups -OCH3 is 1. The maximum atomic E-state index is 14.2. The molecule has 0 aliphatic carbocycles. The number of unbranched alkanes of at least 4 members (excludes halogenated alkanes) is 36. The topological polar surface area (TPSA) is 39.3 Å². The number of piperidine rings is 1. The van der Waals surface area contributed by atoms with E-state index in [4.69, 9.17) is 4.74 Å². The van der Waals surface area contributed by atoms with E-state index in [2.05, 4.69) is 80.0 Å². The Kier molecular flexibility index (Phi) is 66.1. The van der Waals surface area contributed by atoms with Gasteiger partial charge in [-0.05, 0) is 116 Å². The van der Waals surface area contributed by atoms with E-state index in [0.717, 1.165) is 45.8 Å². The predicted molar refractivity (Wildman–Crippen MR) is 339 cm³/mol. The van der Waals surface area contributed by atoms with Crippen molar-refractivity contribution in [2.45, 2.75) is 324 Å². The third-order valence-electron chi connectivity index (χ3n) is 16.2. The van der Waals surface area contributed by atoms with Crippen LogP contribution in [0.5, 0.6) is 0 Å². The van der Waals surface area contributed by atoms with Crippen LogP contribution in [0.15, 0.2) is 25.8 Å². The Labute approximate surface area is 473 Å². The van der Waals surface area contributed by atoms with Gasteiger partial charge in [0.25, 0.3) is 0 Å². The summed E-state index contributed by atoms with van der Waals surface area (Å²) < 4.78 is 4.95. The van der Waals surface area contributed by atoms with Crippen molar-refractivity contribution in [3.05, 3.63) is 25.8 Å². The van der Waals surface area contributed by atoms with Gasteiger partial charge in [0, 0.05) is 39.9 Å². The Morgan fingerprint density at radius 1 is 0.440 bits per heavy atom. The molecule has 0 aromatic heterocycles. The number of carbonyl (C=O) groups is 1. The van der Waals surface area contributed by atoms with Gasteiger partial charge in [-0.15, -0.1) is 19.7 Å². The van der Waals surface area contributed by atoms with Gasteiger partial charge in [0.1, 0.15) is 0 Å². The SMILES string of the molecule is C=C.C=CCCCCN(CCCCCCCCCCCCCC)CCC1CCCN(C(=O)CN(CCCCCCCCC)CCN(CCCCCCCCC)CCCCCCCCC)C1.CCCCCCCCOC. The smallest absolute Gasteiger partial charge is 0.236 e.